The fraction of sp³-hybridized carbons (Fsp3) is 0.812. The van der Waals surface area contributed by atoms with Gasteiger partial charge in [-0.05, 0) is 18.3 Å². The molecule has 2 saturated heterocycles. The highest BCUT2D eigenvalue weighted by Gasteiger charge is 2.39. The molecule has 0 bridgehead atoms. The summed E-state index contributed by atoms with van der Waals surface area (Å²) in [5.41, 5.74) is 5.29. The summed E-state index contributed by atoms with van der Waals surface area (Å²) < 4.78 is 0. The number of carbonyl (C=O) groups excluding carboxylic acids is 3. The van der Waals surface area contributed by atoms with E-state index in [1.807, 2.05) is 20.8 Å². The van der Waals surface area contributed by atoms with Crippen molar-refractivity contribution in [1.29, 1.82) is 0 Å². The van der Waals surface area contributed by atoms with Gasteiger partial charge in [0.25, 0.3) is 0 Å². The van der Waals surface area contributed by atoms with Crippen molar-refractivity contribution in [3.05, 3.63) is 0 Å². The van der Waals surface area contributed by atoms with E-state index in [-0.39, 0.29) is 29.1 Å². The van der Waals surface area contributed by atoms with Gasteiger partial charge in [-0.25, -0.2) is 0 Å². The van der Waals surface area contributed by atoms with Crippen molar-refractivity contribution in [3.8, 4) is 0 Å². The van der Waals surface area contributed by atoms with Gasteiger partial charge in [-0.3, -0.25) is 14.4 Å². The quantitative estimate of drug-likeness (QED) is 0.831. The van der Waals surface area contributed by atoms with Crippen molar-refractivity contribution >= 4 is 29.5 Å². The Hall–Kier alpha value is -1.24. The monoisotopic (exact) mass is 341 g/mol. The van der Waals surface area contributed by atoms with E-state index < -0.39 is 6.04 Å². The van der Waals surface area contributed by atoms with E-state index in [1.165, 1.54) is 0 Å². The summed E-state index contributed by atoms with van der Waals surface area (Å²) in [5, 5.41) is 0. The molecule has 0 aromatic heterocycles. The predicted octanol–water partition coefficient (Wildman–Crippen LogP) is 1.05. The first-order chi connectivity index (χ1) is 10.7. The summed E-state index contributed by atoms with van der Waals surface area (Å²) in [6, 6.07) is -0.401. The normalized spacial score (nSPS) is 25.5. The molecule has 130 valence electrons. The lowest BCUT2D eigenvalue weighted by molar-refractivity contribution is -0.146. The van der Waals surface area contributed by atoms with Crippen molar-refractivity contribution in [1.82, 2.24) is 9.80 Å². The SMILES string of the molecule is CC(C)(C)CC(=O)N1CSC[C@@H]1C(=O)N1CCC[C@@H](C(N)=O)C1. The number of nitrogens with zero attached hydrogens (tertiary/aromatic N) is 2. The Bertz CT molecular complexity index is 489. The van der Waals surface area contributed by atoms with Gasteiger partial charge >= 0.3 is 0 Å². The van der Waals surface area contributed by atoms with E-state index in [9.17, 15) is 14.4 Å². The van der Waals surface area contributed by atoms with Crippen molar-refractivity contribution in [2.45, 2.75) is 46.1 Å². The van der Waals surface area contributed by atoms with Gasteiger partial charge in [-0.2, -0.15) is 0 Å². The molecule has 2 fully saturated rings. The predicted molar refractivity (Wildman–Crippen MR) is 90.5 cm³/mol. The molecule has 0 aliphatic carbocycles. The lowest BCUT2D eigenvalue weighted by Crippen LogP contribution is -2.53. The number of hydrogen-bond donors (Lipinski definition) is 1. The highest BCUT2D eigenvalue weighted by Crippen LogP contribution is 2.28. The fourth-order valence-electron chi connectivity index (χ4n) is 3.07. The van der Waals surface area contributed by atoms with Gasteiger partial charge in [0.2, 0.25) is 17.7 Å². The zero-order valence-electron chi connectivity index (χ0n) is 14.2. The van der Waals surface area contributed by atoms with Crippen molar-refractivity contribution in [2.24, 2.45) is 17.1 Å². The molecule has 7 heteroatoms. The first-order valence-corrected chi connectivity index (χ1v) is 9.30. The average molecular weight is 341 g/mol. The van der Waals surface area contributed by atoms with Gasteiger partial charge in [0.05, 0.1) is 11.8 Å². The highest BCUT2D eigenvalue weighted by molar-refractivity contribution is 7.99. The second-order valence-corrected chi connectivity index (χ2v) is 8.64. The minimum atomic E-state index is -0.401. The minimum absolute atomic E-state index is 0.0318. The van der Waals surface area contributed by atoms with E-state index in [1.54, 1.807) is 21.6 Å². The van der Waals surface area contributed by atoms with Crippen molar-refractivity contribution < 1.29 is 14.4 Å². The van der Waals surface area contributed by atoms with Crippen LogP contribution in [0.2, 0.25) is 0 Å². The second-order valence-electron chi connectivity index (χ2n) is 7.64. The Balaban J connectivity index is 2.02. The summed E-state index contributed by atoms with van der Waals surface area (Å²) in [7, 11) is 0. The van der Waals surface area contributed by atoms with Gasteiger partial charge in [0.1, 0.15) is 6.04 Å². The molecule has 3 amide bonds. The van der Waals surface area contributed by atoms with Crippen LogP contribution >= 0.6 is 11.8 Å². The number of likely N-dealkylation sites (tertiary alicyclic amines) is 1. The maximum absolute atomic E-state index is 12.8. The lowest BCUT2D eigenvalue weighted by atomic mass is 9.91. The summed E-state index contributed by atoms with van der Waals surface area (Å²) >= 11 is 1.61. The summed E-state index contributed by atoms with van der Waals surface area (Å²) in [4.78, 5) is 40.1. The van der Waals surface area contributed by atoms with Gasteiger partial charge in [-0.1, -0.05) is 20.8 Å². The lowest BCUT2D eigenvalue weighted by Gasteiger charge is -2.35. The van der Waals surface area contributed by atoms with Crippen molar-refractivity contribution in [2.75, 3.05) is 24.7 Å². The molecule has 2 N–H and O–H groups in total. The molecule has 0 aromatic rings. The van der Waals surface area contributed by atoms with E-state index in [4.69, 9.17) is 5.73 Å². The van der Waals surface area contributed by atoms with Crippen molar-refractivity contribution in [3.63, 3.8) is 0 Å². The molecule has 0 spiro atoms. The number of primary amides is 1. The zero-order valence-corrected chi connectivity index (χ0v) is 15.0. The summed E-state index contributed by atoms with van der Waals surface area (Å²) in [6.45, 7) is 7.09. The zero-order chi connectivity index (χ0) is 17.2. The van der Waals surface area contributed by atoms with E-state index in [0.29, 0.717) is 31.1 Å². The number of amides is 3. The van der Waals surface area contributed by atoms with Crippen LogP contribution in [0, 0.1) is 11.3 Å². The molecule has 2 atom stereocenters. The molecule has 2 rings (SSSR count). The van der Waals surface area contributed by atoms with E-state index >= 15 is 0 Å². The van der Waals surface area contributed by atoms with Crippen LogP contribution in [-0.4, -0.2) is 58.3 Å². The molecule has 0 saturated carbocycles. The maximum atomic E-state index is 12.8. The first kappa shape index (κ1) is 18.1. The number of carbonyl (C=O) groups is 3. The Morgan fingerprint density at radius 2 is 1.96 bits per heavy atom. The van der Waals surface area contributed by atoms with Gasteiger partial charge < -0.3 is 15.5 Å². The van der Waals surface area contributed by atoms with Gasteiger partial charge in [0.15, 0.2) is 0 Å². The average Bonchev–Trinajstić information content (AvgIpc) is 2.94. The van der Waals surface area contributed by atoms with Gasteiger partial charge in [0, 0.05) is 25.3 Å². The Labute approximate surface area is 142 Å². The Morgan fingerprint density at radius 1 is 1.26 bits per heavy atom. The number of hydrogen-bond acceptors (Lipinski definition) is 4. The second kappa shape index (κ2) is 7.11. The van der Waals surface area contributed by atoms with Crippen LogP contribution in [0.15, 0.2) is 0 Å². The van der Waals surface area contributed by atoms with Gasteiger partial charge in [-0.15, -0.1) is 11.8 Å². The number of nitrogens with two attached hydrogens (primary N) is 1. The molecular weight excluding hydrogens is 314 g/mol. The fourth-order valence-corrected chi connectivity index (χ4v) is 4.24. The molecule has 0 unspecified atom stereocenters. The topological polar surface area (TPSA) is 83.7 Å². The standard InChI is InChI=1S/C16H27N3O3S/c1-16(2,3)7-13(20)19-10-23-9-12(19)15(22)18-6-4-5-11(8-18)14(17)21/h11-12H,4-10H2,1-3H3,(H2,17,21)/t11-,12-/m1/s1. The Morgan fingerprint density at radius 3 is 2.57 bits per heavy atom. The third kappa shape index (κ3) is 4.62. The van der Waals surface area contributed by atoms with Crippen LogP contribution in [0.5, 0.6) is 0 Å². The van der Waals surface area contributed by atoms with Crippen LogP contribution in [0.1, 0.15) is 40.0 Å². The highest BCUT2D eigenvalue weighted by atomic mass is 32.2. The molecule has 2 aliphatic heterocycles. The molecular formula is C16H27N3O3S. The third-order valence-corrected chi connectivity index (χ3v) is 5.32. The van der Waals surface area contributed by atoms with Crippen LogP contribution in [-0.2, 0) is 14.4 Å². The van der Waals surface area contributed by atoms with Crippen LogP contribution in [0.4, 0.5) is 0 Å². The molecule has 0 aromatic carbocycles. The maximum Gasteiger partial charge on any atom is 0.246 e. The Kier molecular flexibility index (Phi) is 5.60. The van der Waals surface area contributed by atoms with E-state index in [0.717, 1.165) is 12.8 Å². The van der Waals surface area contributed by atoms with E-state index in [2.05, 4.69) is 0 Å². The largest absolute Gasteiger partial charge is 0.369 e. The number of piperidine rings is 1. The van der Waals surface area contributed by atoms with Crippen LogP contribution in [0.25, 0.3) is 0 Å². The molecule has 2 aliphatic rings. The molecule has 6 nitrogen and oxygen atoms in total. The van der Waals surface area contributed by atoms with Crippen LogP contribution in [0.3, 0.4) is 0 Å². The smallest absolute Gasteiger partial charge is 0.246 e. The summed E-state index contributed by atoms with van der Waals surface area (Å²) in [6.07, 6.45) is 1.96. The number of rotatable bonds is 3. The minimum Gasteiger partial charge on any atom is -0.369 e. The third-order valence-electron chi connectivity index (χ3n) is 4.30. The molecule has 23 heavy (non-hydrogen) atoms. The molecule has 2 heterocycles. The molecule has 0 radical (unpaired) electrons. The summed E-state index contributed by atoms with van der Waals surface area (Å²) in [5.74, 6) is 0.585. The first-order valence-electron chi connectivity index (χ1n) is 8.14. The van der Waals surface area contributed by atoms with Crippen LogP contribution < -0.4 is 5.73 Å². The number of thioether (sulfide) groups is 1.